The highest BCUT2D eigenvalue weighted by Gasteiger charge is 2.20. The van der Waals surface area contributed by atoms with E-state index in [0.29, 0.717) is 11.5 Å². The molecule has 4 rings (SSSR count). The maximum absolute atomic E-state index is 13.1. The fraction of sp³-hybridized carbons (Fsp3) is 0.100. The smallest absolute Gasteiger partial charge is 0.272 e. The number of furan rings is 1. The van der Waals surface area contributed by atoms with Crippen LogP contribution in [0.2, 0.25) is 0 Å². The number of carbonyl (C=O) groups excluding carboxylic acids is 2. The van der Waals surface area contributed by atoms with Crippen LogP contribution < -0.4 is 11.1 Å². The van der Waals surface area contributed by atoms with Crippen LogP contribution >= 0.6 is 0 Å². The van der Waals surface area contributed by atoms with E-state index in [1.54, 1.807) is 18.2 Å². The minimum Gasteiger partial charge on any atom is -0.463 e. The lowest BCUT2D eigenvalue weighted by molar-refractivity contribution is 0.0993. The number of nitrogens with zero attached hydrogens (tertiary/aromatic N) is 3. The number of aryl methyl sites for hydroxylation is 1. The van der Waals surface area contributed by atoms with Gasteiger partial charge in [0.15, 0.2) is 17.1 Å². The number of para-hydroxylation sites is 1. The van der Waals surface area contributed by atoms with E-state index in [-0.39, 0.29) is 22.9 Å². The maximum atomic E-state index is 13.1. The van der Waals surface area contributed by atoms with Gasteiger partial charge in [0.2, 0.25) is 0 Å². The van der Waals surface area contributed by atoms with E-state index in [2.05, 4.69) is 15.3 Å². The number of anilines is 1. The molecule has 4 aromatic rings. The molecule has 2 amide bonds. The molecular weight excluding hydrogens is 358 g/mol. The van der Waals surface area contributed by atoms with Gasteiger partial charge in [-0.25, -0.2) is 9.97 Å². The number of nitrogens with two attached hydrogens (primary N) is 1. The van der Waals surface area contributed by atoms with Crippen molar-refractivity contribution in [3.05, 3.63) is 72.0 Å². The highest BCUT2D eigenvalue weighted by Crippen LogP contribution is 2.23. The molecule has 28 heavy (non-hydrogen) atoms. The van der Waals surface area contributed by atoms with E-state index in [0.717, 1.165) is 17.7 Å². The van der Waals surface area contributed by atoms with Gasteiger partial charge in [-0.3, -0.25) is 14.0 Å². The van der Waals surface area contributed by atoms with Gasteiger partial charge in [-0.1, -0.05) is 25.1 Å². The number of fused-ring (bicyclic) bond motifs is 1. The van der Waals surface area contributed by atoms with Crippen molar-refractivity contribution in [2.45, 2.75) is 13.3 Å². The quantitative estimate of drug-likeness (QED) is 0.556. The summed E-state index contributed by atoms with van der Waals surface area (Å²) in [4.78, 5) is 33.2. The molecule has 0 bridgehead atoms. The first-order valence-corrected chi connectivity index (χ1v) is 8.69. The molecule has 0 saturated heterocycles. The molecule has 0 aliphatic rings. The highest BCUT2D eigenvalue weighted by molar-refractivity contribution is 6.05. The Kier molecular flexibility index (Phi) is 4.36. The van der Waals surface area contributed by atoms with E-state index < -0.39 is 5.91 Å². The number of hydrogen-bond acceptors (Lipinski definition) is 5. The molecule has 0 fully saturated rings. The molecule has 3 aromatic heterocycles. The van der Waals surface area contributed by atoms with Crippen LogP contribution in [0, 0.1) is 0 Å². The van der Waals surface area contributed by atoms with Crippen LogP contribution in [0.15, 0.2) is 59.5 Å². The van der Waals surface area contributed by atoms with Crippen molar-refractivity contribution in [3.8, 4) is 11.5 Å². The van der Waals surface area contributed by atoms with Crippen LogP contribution in [0.3, 0.4) is 0 Å². The van der Waals surface area contributed by atoms with Crippen LogP contribution in [-0.2, 0) is 6.42 Å². The molecule has 0 atom stereocenters. The van der Waals surface area contributed by atoms with Crippen molar-refractivity contribution in [2.24, 2.45) is 5.73 Å². The third kappa shape index (κ3) is 3.01. The van der Waals surface area contributed by atoms with Crippen molar-refractivity contribution in [1.29, 1.82) is 0 Å². The molecule has 8 nitrogen and oxygen atoms in total. The van der Waals surface area contributed by atoms with Gasteiger partial charge in [0.1, 0.15) is 17.7 Å². The van der Waals surface area contributed by atoms with Gasteiger partial charge in [0, 0.05) is 5.69 Å². The van der Waals surface area contributed by atoms with Gasteiger partial charge in [0.05, 0.1) is 6.26 Å². The van der Waals surface area contributed by atoms with Crippen molar-refractivity contribution in [3.63, 3.8) is 0 Å². The molecule has 0 aliphatic heterocycles. The number of carbonyl (C=O) groups is 2. The zero-order chi connectivity index (χ0) is 19.7. The van der Waals surface area contributed by atoms with Crippen molar-refractivity contribution in [2.75, 3.05) is 5.32 Å². The average molecular weight is 375 g/mol. The summed E-state index contributed by atoms with van der Waals surface area (Å²) >= 11 is 0. The standard InChI is InChI=1S/C20H17N5O3/c1-2-12-6-3-4-7-13(12)24-20(27)15-10-14(16-8-5-9-28-16)23-19-17(18(21)26)22-11-25(15)19/h3-11H,2H2,1H3,(H2,21,26)(H,24,27). The summed E-state index contributed by atoms with van der Waals surface area (Å²) < 4.78 is 6.84. The maximum Gasteiger partial charge on any atom is 0.272 e. The Hall–Kier alpha value is -3.94. The van der Waals surface area contributed by atoms with E-state index in [9.17, 15) is 9.59 Å². The predicted molar refractivity (Wildman–Crippen MR) is 103 cm³/mol. The highest BCUT2D eigenvalue weighted by atomic mass is 16.3. The van der Waals surface area contributed by atoms with Gasteiger partial charge in [0.25, 0.3) is 11.8 Å². The summed E-state index contributed by atoms with van der Waals surface area (Å²) in [6.45, 7) is 2.01. The second kappa shape index (κ2) is 6.99. The summed E-state index contributed by atoms with van der Waals surface area (Å²) in [7, 11) is 0. The van der Waals surface area contributed by atoms with Crippen LogP contribution in [0.25, 0.3) is 17.1 Å². The molecule has 8 heteroatoms. The zero-order valence-electron chi connectivity index (χ0n) is 15.0. The van der Waals surface area contributed by atoms with Crippen LogP contribution in [-0.4, -0.2) is 26.2 Å². The lowest BCUT2D eigenvalue weighted by Crippen LogP contribution is -2.18. The number of amides is 2. The molecule has 3 heterocycles. The van der Waals surface area contributed by atoms with E-state index in [1.807, 2.05) is 31.2 Å². The Bertz CT molecular complexity index is 1180. The Balaban J connectivity index is 1.85. The van der Waals surface area contributed by atoms with Crippen LogP contribution in [0.5, 0.6) is 0 Å². The first-order chi connectivity index (χ1) is 13.6. The fourth-order valence-corrected chi connectivity index (χ4v) is 3.01. The second-order valence-electron chi connectivity index (χ2n) is 6.12. The number of rotatable bonds is 5. The first kappa shape index (κ1) is 17.5. The predicted octanol–water partition coefficient (Wildman–Crippen LogP) is 2.90. The topological polar surface area (TPSA) is 116 Å². The summed E-state index contributed by atoms with van der Waals surface area (Å²) in [5.74, 6) is -0.633. The Labute approximate surface area is 160 Å². The molecule has 0 spiro atoms. The summed E-state index contributed by atoms with van der Waals surface area (Å²) in [5.41, 5.74) is 7.95. The number of hydrogen-bond donors (Lipinski definition) is 2. The number of nitrogens with one attached hydrogen (secondary N) is 1. The fourth-order valence-electron chi connectivity index (χ4n) is 3.01. The summed E-state index contributed by atoms with van der Waals surface area (Å²) in [5, 5.41) is 2.92. The molecule has 140 valence electrons. The van der Waals surface area contributed by atoms with Crippen molar-refractivity contribution >= 4 is 23.1 Å². The largest absolute Gasteiger partial charge is 0.463 e. The van der Waals surface area contributed by atoms with Gasteiger partial charge < -0.3 is 15.5 Å². The minimum absolute atomic E-state index is 0.0172. The Morgan fingerprint density at radius 3 is 2.75 bits per heavy atom. The van der Waals surface area contributed by atoms with Crippen molar-refractivity contribution < 1.29 is 14.0 Å². The van der Waals surface area contributed by atoms with E-state index >= 15 is 0 Å². The summed E-state index contributed by atoms with van der Waals surface area (Å²) in [6.07, 6.45) is 3.63. The lowest BCUT2D eigenvalue weighted by Gasteiger charge is -2.11. The molecule has 3 N–H and O–H groups in total. The van der Waals surface area contributed by atoms with Gasteiger partial charge >= 0.3 is 0 Å². The lowest BCUT2D eigenvalue weighted by atomic mass is 10.1. The SMILES string of the molecule is CCc1ccccc1NC(=O)c1cc(-c2ccco2)nc2c(C(N)=O)ncn12. The number of primary amides is 1. The molecule has 1 aromatic carbocycles. The third-order valence-electron chi connectivity index (χ3n) is 4.39. The minimum atomic E-state index is -0.728. The summed E-state index contributed by atoms with van der Waals surface area (Å²) in [6, 6.07) is 12.6. The molecule has 0 radical (unpaired) electrons. The monoisotopic (exact) mass is 375 g/mol. The van der Waals surface area contributed by atoms with Crippen LogP contribution in [0.4, 0.5) is 5.69 Å². The first-order valence-electron chi connectivity index (χ1n) is 8.69. The van der Waals surface area contributed by atoms with Gasteiger partial charge in [-0.05, 0) is 36.2 Å². The molecule has 0 saturated carbocycles. The normalized spacial score (nSPS) is 10.9. The van der Waals surface area contributed by atoms with Crippen molar-refractivity contribution in [1.82, 2.24) is 14.4 Å². The number of imidazole rings is 1. The molecule has 0 aliphatic carbocycles. The average Bonchev–Trinajstić information content (AvgIpc) is 3.37. The van der Waals surface area contributed by atoms with E-state index in [4.69, 9.17) is 10.2 Å². The second-order valence-corrected chi connectivity index (χ2v) is 6.12. The Morgan fingerprint density at radius 1 is 1.21 bits per heavy atom. The third-order valence-corrected chi connectivity index (χ3v) is 4.39. The van der Waals surface area contributed by atoms with Gasteiger partial charge in [-0.2, -0.15) is 0 Å². The van der Waals surface area contributed by atoms with Gasteiger partial charge in [-0.15, -0.1) is 0 Å². The number of aromatic nitrogens is 3. The zero-order valence-corrected chi connectivity index (χ0v) is 15.0. The van der Waals surface area contributed by atoms with Crippen LogP contribution in [0.1, 0.15) is 33.5 Å². The Morgan fingerprint density at radius 2 is 2.04 bits per heavy atom. The molecule has 0 unspecified atom stereocenters. The molecular formula is C20H17N5O3. The van der Waals surface area contributed by atoms with E-state index in [1.165, 1.54) is 17.0 Å². The number of benzene rings is 1.